The lowest BCUT2D eigenvalue weighted by Crippen LogP contribution is -2.26. The number of halogens is 3. The van der Waals surface area contributed by atoms with Gasteiger partial charge in [-0.3, -0.25) is 5.41 Å². The summed E-state index contributed by atoms with van der Waals surface area (Å²) in [5, 5.41) is 20.3. The van der Waals surface area contributed by atoms with Crippen molar-refractivity contribution < 1.29 is 18.3 Å². The second kappa shape index (κ2) is 6.36. The highest BCUT2D eigenvalue weighted by Crippen LogP contribution is 2.35. The molecular formula is C17H14F3N3OS. The van der Waals surface area contributed by atoms with Crippen LogP contribution in [-0.2, 0) is 6.18 Å². The maximum atomic E-state index is 12.9. The first-order valence-electron chi connectivity index (χ1n) is 7.31. The SMILES string of the molecule is C=CCN1CC(O)=C(c2nc(-c3cccc(C(F)(F)F)c3)cs2)C1=N. The predicted molar refractivity (Wildman–Crippen MR) is 91.6 cm³/mol. The molecule has 1 aliphatic heterocycles. The smallest absolute Gasteiger partial charge is 0.416 e. The zero-order valence-corrected chi connectivity index (χ0v) is 13.8. The molecule has 2 aromatic rings. The molecule has 3 rings (SSSR count). The van der Waals surface area contributed by atoms with Gasteiger partial charge in [0.15, 0.2) is 0 Å². The van der Waals surface area contributed by atoms with E-state index in [-0.39, 0.29) is 18.1 Å². The number of amidine groups is 1. The van der Waals surface area contributed by atoms with Gasteiger partial charge in [-0.15, -0.1) is 17.9 Å². The van der Waals surface area contributed by atoms with Crippen LogP contribution in [0.3, 0.4) is 0 Å². The Bertz CT molecular complexity index is 870. The molecule has 2 N–H and O–H groups in total. The van der Waals surface area contributed by atoms with Gasteiger partial charge in [-0.1, -0.05) is 18.2 Å². The predicted octanol–water partition coefficient (Wildman–Crippen LogP) is 4.58. The van der Waals surface area contributed by atoms with Crippen LogP contribution in [-0.4, -0.2) is 33.9 Å². The Labute approximate surface area is 146 Å². The van der Waals surface area contributed by atoms with E-state index >= 15 is 0 Å². The van der Waals surface area contributed by atoms with E-state index < -0.39 is 11.7 Å². The summed E-state index contributed by atoms with van der Waals surface area (Å²) in [5.41, 5.74) is 0.281. The van der Waals surface area contributed by atoms with Gasteiger partial charge in [0, 0.05) is 17.5 Å². The maximum Gasteiger partial charge on any atom is 0.416 e. The lowest BCUT2D eigenvalue weighted by Gasteiger charge is -2.15. The molecule has 0 atom stereocenters. The average Bonchev–Trinajstić information content (AvgIpc) is 3.13. The summed E-state index contributed by atoms with van der Waals surface area (Å²) in [6.45, 7) is 4.22. The third kappa shape index (κ3) is 3.30. The van der Waals surface area contributed by atoms with Crippen molar-refractivity contribution >= 4 is 22.7 Å². The molecule has 0 bridgehead atoms. The van der Waals surface area contributed by atoms with E-state index in [9.17, 15) is 18.3 Å². The van der Waals surface area contributed by atoms with Crippen LogP contribution in [0, 0.1) is 5.41 Å². The van der Waals surface area contributed by atoms with Crippen LogP contribution in [0.2, 0.25) is 0 Å². The number of rotatable bonds is 4. The summed E-state index contributed by atoms with van der Waals surface area (Å²) in [4.78, 5) is 5.95. The number of thiazole rings is 1. The quantitative estimate of drug-likeness (QED) is 0.780. The number of benzene rings is 1. The van der Waals surface area contributed by atoms with Crippen molar-refractivity contribution in [3.63, 3.8) is 0 Å². The molecule has 130 valence electrons. The van der Waals surface area contributed by atoms with E-state index in [1.54, 1.807) is 22.4 Å². The molecule has 0 radical (unpaired) electrons. The van der Waals surface area contributed by atoms with E-state index in [1.807, 2.05) is 0 Å². The minimum atomic E-state index is -4.42. The third-order valence-electron chi connectivity index (χ3n) is 3.74. The molecule has 1 aromatic heterocycles. The molecule has 0 spiro atoms. The summed E-state index contributed by atoms with van der Waals surface area (Å²) in [5.74, 6) is 0.152. The molecule has 0 fully saturated rings. The van der Waals surface area contributed by atoms with Gasteiger partial charge in [0.2, 0.25) is 0 Å². The molecular weight excluding hydrogens is 351 g/mol. The van der Waals surface area contributed by atoms with Gasteiger partial charge in [-0.05, 0) is 12.1 Å². The molecule has 1 aromatic carbocycles. The zero-order valence-electron chi connectivity index (χ0n) is 13.0. The molecule has 2 heterocycles. The summed E-state index contributed by atoms with van der Waals surface area (Å²) in [6, 6.07) is 4.92. The molecule has 25 heavy (non-hydrogen) atoms. The molecule has 0 amide bonds. The van der Waals surface area contributed by atoms with E-state index in [2.05, 4.69) is 11.6 Å². The normalized spacial score (nSPS) is 15.2. The number of aliphatic hydroxyl groups excluding tert-OH is 1. The van der Waals surface area contributed by atoms with Crippen molar-refractivity contribution in [2.75, 3.05) is 13.1 Å². The zero-order chi connectivity index (χ0) is 18.2. The molecule has 0 aliphatic carbocycles. The Hall–Kier alpha value is -2.61. The Morgan fingerprint density at radius 3 is 2.84 bits per heavy atom. The Balaban J connectivity index is 1.93. The fourth-order valence-corrected chi connectivity index (χ4v) is 3.44. The van der Waals surface area contributed by atoms with Gasteiger partial charge < -0.3 is 10.0 Å². The molecule has 0 saturated heterocycles. The molecule has 0 unspecified atom stereocenters. The number of aromatic nitrogens is 1. The number of aliphatic hydroxyl groups is 1. The highest BCUT2D eigenvalue weighted by Gasteiger charge is 2.31. The fourth-order valence-electron chi connectivity index (χ4n) is 2.55. The largest absolute Gasteiger partial charge is 0.510 e. The van der Waals surface area contributed by atoms with Crippen molar-refractivity contribution in [1.29, 1.82) is 5.41 Å². The van der Waals surface area contributed by atoms with Crippen LogP contribution >= 0.6 is 11.3 Å². The first-order chi connectivity index (χ1) is 11.8. The second-order valence-electron chi connectivity index (χ2n) is 5.46. The summed E-state index contributed by atoms with van der Waals surface area (Å²) >= 11 is 1.18. The molecule has 1 aliphatic rings. The topological polar surface area (TPSA) is 60.2 Å². The van der Waals surface area contributed by atoms with Gasteiger partial charge in [0.1, 0.15) is 16.6 Å². The number of nitrogens with zero attached hydrogens (tertiary/aromatic N) is 2. The highest BCUT2D eigenvalue weighted by atomic mass is 32.1. The Morgan fingerprint density at radius 2 is 2.16 bits per heavy atom. The van der Waals surface area contributed by atoms with E-state index in [0.717, 1.165) is 12.1 Å². The van der Waals surface area contributed by atoms with Crippen LogP contribution in [0.4, 0.5) is 13.2 Å². The third-order valence-corrected chi connectivity index (χ3v) is 4.60. The summed E-state index contributed by atoms with van der Waals surface area (Å²) in [7, 11) is 0. The van der Waals surface area contributed by atoms with Crippen molar-refractivity contribution in [1.82, 2.24) is 9.88 Å². The minimum Gasteiger partial charge on any atom is -0.510 e. The lowest BCUT2D eigenvalue weighted by atomic mass is 10.1. The van der Waals surface area contributed by atoms with E-state index in [0.29, 0.717) is 28.4 Å². The van der Waals surface area contributed by atoms with Crippen molar-refractivity contribution in [3.8, 4) is 11.3 Å². The first kappa shape index (κ1) is 17.2. The summed E-state index contributed by atoms with van der Waals surface area (Å²) < 4.78 is 38.6. The van der Waals surface area contributed by atoms with Crippen molar-refractivity contribution in [2.24, 2.45) is 0 Å². The standard InChI is InChI=1S/C17H14F3N3OS/c1-2-6-23-8-13(24)14(15(23)21)16-22-12(9-25-16)10-4-3-5-11(7-10)17(18,19)20/h2-5,7,9,21,24H,1,6,8H2. The van der Waals surface area contributed by atoms with Crippen molar-refractivity contribution in [2.45, 2.75) is 6.18 Å². The van der Waals surface area contributed by atoms with E-state index in [1.165, 1.54) is 17.4 Å². The average molecular weight is 365 g/mol. The van der Waals surface area contributed by atoms with Gasteiger partial charge in [-0.25, -0.2) is 4.98 Å². The lowest BCUT2D eigenvalue weighted by molar-refractivity contribution is -0.137. The minimum absolute atomic E-state index is 0.0248. The van der Waals surface area contributed by atoms with Gasteiger partial charge >= 0.3 is 6.18 Å². The van der Waals surface area contributed by atoms with Gasteiger partial charge in [0.05, 0.1) is 23.4 Å². The highest BCUT2D eigenvalue weighted by molar-refractivity contribution is 7.11. The Morgan fingerprint density at radius 1 is 1.40 bits per heavy atom. The van der Waals surface area contributed by atoms with Crippen LogP contribution in [0.15, 0.2) is 48.1 Å². The van der Waals surface area contributed by atoms with Crippen molar-refractivity contribution in [3.05, 3.63) is 58.6 Å². The second-order valence-corrected chi connectivity index (χ2v) is 6.31. The number of hydrogen-bond donors (Lipinski definition) is 2. The Kier molecular flexibility index (Phi) is 4.38. The fraction of sp³-hybridized carbons (Fsp3) is 0.176. The van der Waals surface area contributed by atoms with Crippen LogP contribution < -0.4 is 0 Å². The van der Waals surface area contributed by atoms with Crippen LogP contribution in [0.25, 0.3) is 16.8 Å². The molecule has 0 saturated carbocycles. The van der Waals surface area contributed by atoms with Gasteiger partial charge in [0.25, 0.3) is 0 Å². The van der Waals surface area contributed by atoms with E-state index in [4.69, 9.17) is 5.41 Å². The number of nitrogens with one attached hydrogen (secondary N) is 1. The molecule has 4 nitrogen and oxygen atoms in total. The van der Waals surface area contributed by atoms with Gasteiger partial charge in [-0.2, -0.15) is 13.2 Å². The number of alkyl halides is 3. The monoisotopic (exact) mass is 365 g/mol. The maximum absolute atomic E-state index is 12.9. The van der Waals surface area contributed by atoms with Crippen LogP contribution in [0.5, 0.6) is 0 Å². The number of hydrogen-bond acceptors (Lipinski definition) is 4. The van der Waals surface area contributed by atoms with Crippen LogP contribution in [0.1, 0.15) is 10.6 Å². The first-order valence-corrected chi connectivity index (χ1v) is 8.19. The molecule has 8 heteroatoms. The summed E-state index contributed by atoms with van der Waals surface area (Å²) in [6.07, 6.45) is -2.80.